The third kappa shape index (κ3) is 4.24. The third-order valence-corrected chi connectivity index (χ3v) is 5.66. The Morgan fingerprint density at radius 2 is 1.83 bits per heavy atom. The van der Waals surface area contributed by atoms with Gasteiger partial charge in [-0.2, -0.15) is 5.10 Å². The molecule has 1 fully saturated rings. The molecule has 0 saturated carbocycles. The zero-order valence-electron chi connectivity index (χ0n) is 17.6. The summed E-state index contributed by atoms with van der Waals surface area (Å²) < 4.78 is 3.81. The molecule has 4 rings (SSSR count). The number of piperidine rings is 1. The van der Waals surface area contributed by atoms with Crippen LogP contribution in [0.2, 0.25) is 0 Å². The molecule has 0 aliphatic carbocycles. The maximum Gasteiger partial charge on any atom is 0.274 e. The Bertz CT molecular complexity index is 1010. The molecule has 3 heterocycles. The topological polar surface area (TPSA) is 89.7 Å². The van der Waals surface area contributed by atoms with Crippen LogP contribution in [0.4, 0.5) is 0 Å². The van der Waals surface area contributed by atoms with Gasteiger partial charge in [-0.15, -0.1) is 17.5 Å². The van der Waals surface area contributed by atoms with E-state index in [9.17, 15) is 4.79 Å². The van der Waals surface area contributed by atoms with Crippen LogP contribution in [0.25, 0.3) is 5.69 Å². The molecule has 1 aliphatic rings. The Labute approximate surface area is 182 Å². The Kier molecular flexibility index (Phi) is 6.89. The monoisotopic (exact) mass is 429 g/mol. The summed E-state index contributed by atoms with van der Waals surface area (Å²) in [5.41, 5.74) is 5.17. The normalized spacial score (nSPS) is 14.4. The van der Waals surface area contributed by atoms with E-state index in [0.29, 0.717) is 18.3 Å². The van der Waals surface area contributed by atoms with Gasteiger partial charge >= 0.3 is 0 Å². The molecule has 0 atom stereocenters. The van der Waals surface area contributed by atoms with Gasteiger partial charge in [0.2, 0.25) is 0 Å². The predicted octanol–water partition coefficient (Wildman–Crippen LogP) is 2.67. The average Bonchev–Trinajstić information content (AvgIpc) is 3.27. The Morgan fingerprint density at radius 3 is 2.53 bits per heavy atom. The van der Waals surface area contributed by atoms with Crippen molar-refractivity contribution in [2.75, 3.05) is 13.1 Å². The number of halogens is 1. The standard InChI is InChI=1S/C21H27N7O.ClH/c1-14-19(15(2)27(25-14)17-7-5-4-6-8-17)13-23-21(29)20-16(3)28(26-24-20)18-9-11-22-12-10-18;/h4-8,18,22H,9-13H2,1-3H3,(H,23,29);1H. The highest BCUT2D eigenvalue weighted by Crippen LogP contribution is 2.21. The van der Waals surface area contributed by atoms with Crippen LogP contribution < -0.4 is 10.6 Å². The summed E-state index contributed by atoms with van der Waals surface area (Å²) in [7, 11) is 0. The highest BCUT2D eigenvalue weighted by molar-refractivity contribution is 5.93. The van der Waals surface area contributed by atoms with Gasteiger partial charge in [0, 0.05) is 17.8 Å². The Balaban J connectivity index is 0.00000256. The zero-order valence-corrected chi connectivity index (χ0v) is 18.4. The molecule has 2 aromatic heterocycles. The van der Waals surface area contributed by atoms with E-state index in [-0.39, 0.29) is 18.3 Å². The summed E-state index contributed by atoms with van der Waals surface area (Å²) >= 11 is 0. The molecule has 8 nitrogen and oxygen atoms in total. The van der Waals surface area contributed by atoms with Crippen molar-refractivity contribution in [3.63, 3.8) is 0 Å². The van der Waals surface area contributed by atoms with Gasteiger partial charge in [0.05, 0.1) is 23.1 Å². The van der Waals surface area contributed by atoms with Crippen molar-refractivity contribution >= 4 is 18.3 Å². The summed E-state index contributed by atoms with van der Waals surface area (Å²) in [4.78, 5) is 12.8. The number of nitrogens with zero attached hydrogens (tertiary/aromatic N) is 5. The summed E-state index contributed by atoms with van der Waals surface area (Å²) in [6.07, 6.45) is 2.00. The van der Waals surface area contributed by atoms with Crippen molar-refractivity contribution < 1.29 is 4.79 Å². The summed E-state index contributed by atoms with van der Waals surface area (Å²) in [5, 5.41) is 19.4. The highest BCUT2D eigenvalue weighted by atomic mass is 35.5. The van der Waals surface area contributed by atoms with Gasteiger partial charge < -0.3 is 10.6 Å². The fourth-order valence-corrected chi connectivity index (χ4v) is 3.95. The Hall–Kier alpha value is -2.71. The maximum absolute atomic E-state index is 12.8. The highest BCUT2D eigenvalue weighted by Gasteiger charge is 2.23. The number of hydrogen-bond acceptors (Lipinski definition) is 5. The third-order valence-electron chi connectivity index (χ3n) is 5.66. The number of amides is 1. The second kappa shape index (κ2) is 9.40. The minimum atomic E-state index is -0.200. The van der Waals surface area contributed by atoms with Crippen molar-refractivity contribution in [2.45, 2.75) is 46.2 Å². The molecule has 9 heteroatoms. The van der Waals surface area contributed by atoms with Gasteiger partial charge in [0.15, 0.2) is 5.69 Å². The SMILES string of the molecule is Cc1nn(-c2ccccc2)c(C)c1CNC(=O)c1nnn(C2CCNCC2)c1C.Cl. The largest absolute Gasteiger partial charge is 0.346 e. The number of aromatic nitrogens is 5. The van der Waals surface area contributed by atoms with E-state index in [1.807, 2.05) is 60.5 Å². The molecular formula is C21H28ClN7O. The van der Waals surface area contributed by atoms with E-state index in [4.69, 9.17) is 0 Å². The first kappa shape index (κ1) is 22.0. The van der Waals surface area contributed by atoms with Crippen molar-refractivity contribution in [1.29, 1.82) is 0 Å². The van der Waals surface area contributed by atoms with E-state index < -0.39 is 0 Å². The van der Waals surface area contributed by atoms with Gasteiger partial charge in [0.25, 0.3) is 5.91 Å². The smallest absolute Gasteiger partial charge is 0.274 e. The second-order valence-corrected chi connectivity index (χ2v) is 7.53. The number of aryl methyl sites for hydroxylation is 1. The number of benzene rings is 1. The van der Waals surface area contributed by atoms with Crippen LogP contribution in [-0.4, -0.2) is 43.8 Å². The average molecular weight is 430 g/mol. The molecule has 1 saturated heterocycles. The fourth-order valence-electron chi connectivity index (χ4n) is 3.95. The summed E-state index contributed by atoms with van der Waals surface area (Å²) in [6.45, 7) is 8.24. The second-order valence-electron chi connectivity index (χ2n) is 7.53. The minimum Gasteiger partial charge on any atom is -0.346 e. The van der Waals surface area contributed by atoms with Crippen LogP contribution >= 0.6 is 12.4 Å². The van der Waals surface area contributed by atoms with Crippen molar-refractivity contribution in [3.05, 3.63) is 58.7 Å². The van der Waals surface area contributed by atoms with E-state index in [0.717, 1.165) is 54.3 Å². The lowest BCUT2D eigenvalue weighted by molar-refractivity contribution is 0.0945. The molecule has 160 valence electrons. The molecule has 1 amide bonds. The summed E-state index contributed by atoms with van der Waals surface area (Å²) in [5.74, 6) is -0.200. The molecule has 1 aromatic carbocycles. The van der Waals surface area contributed by atoms with E-state index in [1.165, 1.54) is 0 Å². The number of carbonyl (C=O) groups is 1. The van der Waals surface area contributed by atoms with E-state index >= 15 is 0 Å². The molecule has 30 heavy (non-hydrogen) atoms. The number of para-hydroxylation sites is 1. The van der Waals surface area contributed by atoms with Crippen molar-refractivity contribution in [1.82, 2.24) is 35.4 Å². The molecule has 0 bridgehead atoms. The van der Waals surface area contributed by atoms with Crippen molar-refractivity contribution in [2.24, 2.45) is 0 Å². The van der Waals surface area contributed by atoms with Gasteiger partial charge in [-0.25, -0.2) is 9.36 Å². The number of hydrogen-bond donors (Lipinski definition) is 2. The molecule has 0 radical (unpaired) electrons. The fraction of sp³-hybridized carbons (Fsp3) is 0.429. The van der Waals surface area contributed by atoms with Gasteiger partial charge in [-0.3, -0.25) is 4.79 Å². The lowest BCUT2D eigenvalue weighted by atomic mass is 10.1. The first-order valence-corrected chi connectivity index (χ1v) is 10.1. The maximum atomic E-state index is 12.8. The molecule has 3 aromatic rings. The van der Waals surface area contributed by atoms with Crippen LogP contribution in [0, 0.1) is 20.8 Å². The molecular weight excluding hydrogens is 402 g/mol. The zero-order chi connectivity index (χ0) is 20.4. The number of carbonyl (C=O) groups excluding carboxylic acids is 1. The van der Waals surface area contributed by atoms with E-state index in [2.05, 4.69) is 26.0 Å². The summed E-state index contributed by atoms with van der Waals surface area (Å²) in [6, 6.07) is 10.3. The molecule has 2 N–H and O–H groups in total. The number of rotatable bonds is 5. The molecule has 1 aliphatic heterocycles. The number of nitrogens with one attached hydrogen (secondary N) is 2. The molecule has 0 spiro atoms. The van der Waals surface area contributed by atoms with Crippen LogP contribution in [0.1, 0.15) is 52.0 Å². The lowest BCUT2D eigenvalue weighted by Crippen LogP contribution is -2.30. The minimum absolute atomic E-state index is 0. The van der Waals surface area contributed by atoms with Crippen LogP contribution in [0.5, 0.6) is 0 Å². The lowest BCUT2D eigenvalue weighted by Gasteiger charge is -2.23. The quantitative estimate of drug-likeness (QED) is 0.650. The van der Waals surface area contributed by atoms with Crippen LogP contribution in [-0.2, 0) is 6.54 Å². The van der Waals surface area contributed by atoms with Crippen LogP contribution in [0.15, 0.2) is 30.3 Å². The first-order chi connectivity index (χ1) is 14.1. The van der Waals surface area contributed by atoms with Gasteiger partial charge in [-0.1, -0.05) is 23.4 Å². The first-order valence-electron chi connectivity index (χ1n) is 10.1. The molecule has 0 unspecified atom stereocenters. The predicted molar refractivity (Wildman–Crippen MR) is 117 cm³/mol. The van der Waals surface area contributed by atoms with Crippen molar-refractivity contribution in [3.8, 4) is 5.69 Å². The van der Waals surface area contributed by atoms with Gasteiger partial charge in [0.1, 0.15) is 0 Å². The van der Waals surface area contributed by atoms with Crippen LogP contribution in [0.3, 0.4) is 0 Å². The Morgan fingerprint density at radius 1 is 1.13 bits per heavy atom. The van der Waals surface area contributed by atoms with Gasteiger partial charge in [-0.05, 0) is 58.8 Å². The van der Waals surface area contributed by atoms with E-state index in [1.54, 1.807) is 0 Å².